The Labute approximate surface area is 179 Å². The van der Waals surface area contributed by atoms with E-state index >= 15 is 0 Å². The smallest absolute Gasteiger partial charge is 0.228 e. The largest absolute Gasteiger partial charge is 0.508 e. The normalized spacial score (nSPS) is 10.4. The lowest BCUT2D eigenvalue weighted by molar-refractivity contribution is 0.450. The van der Waals surface area contributed by atoms with Crippen LogP contribution in [0, 0.1) is 0 Å². The first-order chi connectivity index (χ1) is 14.4. The topological polar surface area (TPSA) is 123 Å². The number of anilines is 2. The molecule has 0 fully saturated rings. The maximum Gasteiger partial charge on any atom is 0.228 e. The summed E-state index contributed by atoms with van der Waals surface area (Å²) in [6.07, 6.45) is 3.60. The van der Waals surface area contributed by atoms with Gasteiger partial charge in [0.05, 0.1) is 0 Å². The van der Waals surface area contributed by atoms with Gasteiger partial charge in [-0.15, -0.1) is 0 Å². The summed E-state index contributed by atoms with van der Waals surface area (Å²) >= 11 is 5.68. The molecular weight excluding hydrogens is 406 g/mol. The second-order valence-electron chi connectivity index (χ2n) is 6.02. The number of nitrogens with one attached hydrogen (secondary N) is 2. The molecule has 0 bridgehead atoms. The molecule has 3 aromatic rings. The maximum atomic E-state index is 9.30. The van der Waals surface area contributed by atoms with Crippen LogP contribution >= 0.6 is 11.6 Å². The molecule has 0 saturated heterocycles. The zero-order valence-corrected chi connectivity index (χ0v) is 17.4. The number of halogens is 1. The van der Waals surface area contributed by atoms with Crippen LogP contribution in [-0.4, -0.2) is 43.4 Å². The first kappa shape index (κ1) is 22.8. The van der Waals surface area contributed by atoms with E-state index in [-0.39, 0.29) is 22.5 Å². The molecule has 2 aromatic carbocycles. The summed E-state index contributed by atoms with van der Waals surface area (Å²) in [6.45, 7) is 5.44. The molecule has 3 rings (SSSR count). The molecule has 0 radical (unpaired) electrons. The standard InChI is InChI=1S/C14H12O3.C7H12ClN5/c15-12-5-3-10(4-6-12)1-2-11-7-13(16)9-14(17)8-11;1-3-9-6-11-5(8)12-7(13-6)10-4-2/h1-9,15-17H;3-4H2,1-2H3,(H2,9,10,11,12,13)/b2-1+;. The highest BCUT2D eigenvalue weighted by molar-refractivity contribution is 6.28. The molecule has 0 aliphatic carbocycles. The van der Waals surface area contributed by atoms with E-state index in [4.69, 9.17) is 16.7 Å². The summed E-state index contributed by atoms with van der Waals surface area (Å²) in [7, 11) is 0. The lowest BCUT2D eigenvalue weighted by Gasteiger charge is -2.04. The predicted octanol–water partition coefficient (Wildman–Crippen LogP) is 4.36. The molecule has 0 spiro atoms. The fourth-order valence-corrected chi connectivity index (χ4v) is 2.48. The Morgan fingerprint density at radius 3 is 1.73 bits per heavy atom. The number of nitrogens with zero attached hydrogens (tertiary/aromatic N) is 3. The van der Waals surface area contributed by atoms with Gasteiger partial charge in [0.15, 0.2) is 0 Å². The van der Waals surface area contributed by atoms with Crippen LogP contribution in [0.2, 0.25) is 5.28 Å². The Morgan fingerprint density at radius 2 is 1.23 bits per heavy atom. The summed E-state index contributed by atoms with van der Waals surface area (Å²) < 4.78 is 0. The highest BCUT2D eigenvalue weighted by Crippen LogP contribution is 2.22. The maximum absolute atomic E-state index is 9.30. The number of aromatic hydroxyl groups is 3. The van der Waals surface area contributed by atoms with Crippen molar-refractivity contribution in [2.45, 2.75) is 13.8 Å². The van der Waals surface area contributed by atoms with Crippen molar-refractivity contribution in [2.24, 2.45) is 0 Å². The fraction of sp³-hybridized carbons (Fsp3) is 0.190. The Bertz CT molecular complexity index is 936. The number of hydrogen-bond acceptors (Lipinski definition) is 8. The van der Waals surface area contributed by atoms with Crippen LogP contribution < -0.4 is 10.6 Å². The minimum atomic E-state index is 0.0235. The molecule has 8 nitrogen and oxygen atoms in total. The minimum absolute atomic E-state index is 0.0235. The van der Waals surface area contributed by atoms with E-state index < -0.39 is 0 Å². The van der Waals surface area contributed by atoms with Crippen molar-refractivity contribution in [2.75, 3.05) is 23.7 Å². The molecule has 0 unspecified atom stereocenters. The molecule has 30 heavy (non-hydrogen) atoms. The number of aromatic nitrogens is 3. The number of phenolic OH excluding ortho intramolecular Hbond substituents is 3. The average Bonchev–Trinajstić information content (AvgIpc) is 2.67. The van der Waals surface area contributed by atoms with Crippen LogP contribution in [0.1, 0.15) is 25.0 Å². The monoisotopic (exact) mass is 429 g/mol. The number of benzene rings is 2. The fourth-order valence-electron chi connectivity index (χ4n) is 2.32. The van der Waals surface area contributed by atoms with Gasteiger partial charge in [-0.2, -0.15) is 15.0 Å². The summed E-state index contributed by atoms with van der Waals surface area (Å²) in [5.74, 6) is 1.26. The number of hydrogen-bond donors (Lipinski definition) is 5. The van der Waals surface area contributed by atoms with Crippen molar-refractivity contribution in [3.63, 3.8) is 0 Å². The van der Waals surface area contributed by atoms with Crippen molar-refractivity contribution >= 4 is 35.6 Å². The number of rotatable bonds is 6. The Balaban J connectivity index is 0.000000222. The quantitative estimate of drug-likeness (QED) is 0.366. The lowest BCUT2D eigenvalue weighted by Crippen LogP contribution is -2.08. The highest BCUT2D eigenvalue weighted by atomic mass is 35.5. The Kier molecular flexibility index (Phi) is 8.71. The van der Waals surface area contributed by atoms with Crippen LogP contribution in [0.15, 0.2) is 42.5 Å². The summed E-state index contributed by atoms with van der Waals surface area (Å²) in [4.78, 5) is 11.9. The van der Waals surface area contributed by atoms with Crippen molar-refractivity contribution < 1.29 is 15.3 Å². The zero-order chi connectivity index (χ0) is 21.9. The van der Waals surface area contributed by atoms with E-state index in [0.29, 0.717) is 17.5 Å². The SMILES string of the molecule is CCNc1nc(Cl)nc(NCC)n1.Oc1ccc(/C=C/c2cc(O)cc(O)c2)cc1. The zero-order valence-electron chi connectivity index (χ0n) is 16.7. The molecule has 1 heterocycles. The van der Waals surface area contributed by atoms with Gasteiger partial charge < -0.3 is 26.0 Å². The van der Waals surface area contributed by atoms with Crippen LogP contribution in [0.25, 0.3) is 12.2 Å². The van der Waals surface area contributed by atoms with Crippen LogP contribution in [0.5, 0.6) is 17.2 Å². The van der Waals surface area contributed by atoms with Gasteiger partial charge in [-0.05, 0) is 60.8 Å². The van der Waals surface area contributed by atoms with Gasteiger partial charge in [0.2, 0.25) is 17.2 Å². The third-order valence-corrected chi connectivity index (χ3v) is 3.73. The van der Waals surface area contributed by atoms with E-state index in [9.17, 15) is 10.2 Å². The van der Waals surface area contributed by atoms with Gasteiger partial charge in [0, 0.05) is 19.2 Å². The molecule has 1 aromatic heterocycles. The second kappa shape index (κ2) is 11.5. The molecule has 0 aliphatic rings. The molecule has 0 atom stereocenters. The first-order valence-corrected chi connectivity index (χ1v) is 9.66. The van der Waals surface area contributed by atoms with Crippen molar-refractivity contribution in [3.05, 3.63) is 58.9 Å². The Hall–Kier alpha value is -3.52. The summed E-state index contributed by atoms with van der Waals surface area (Å²) in [5.41, 5.74) is 1.63. The van der Waals surface area contributed by atoms with Crippen LogP contribution in [-0.2, 0) is 0 Å². The van der Waals surface area contributed by atoms with E-state index in [1.54, 1.807) is 42.5 Å². The van der Waals surface area contributed by atoms with Gasteiger partial charge in [0.25, 0.3) is 0 Å². The van der Waals surface area contributed by atoms with Gasteiger partial charge >= 0.3 is 0 Å². The van der Waals surface area contributed by atoms with Crippen LogP contribution in [0.3, 0.4) is 0 Å². The van der Waals surface area contributed by atoms with Crippen molar-refractivity contribution in [3.8, 4) is 17.2 Å². The summed E-state index contributed by atoms with van der Waals surface area (Å²) in [6, 6.07) is 11.1. The van der Waals surface area contributed by atoms with Gasteiger partial charge in [-0.25, -0.2) is 0 Å². The van der Waals surface area contributed by atoms with Gasteiger partial charge in [0.1, 0.15) is 17.2 Å². The molecule has 9 heteroatoms. The van der Waals surface area contributed by atoms with E-state index in [0.717, 1.165) is 18.7 Å². The molecule has 5 N–H and O–H groups in total. The third-order valence-electron chi connectivity index (χ3n) is 3.56. The van der Waals surface area contributed by atoms with Gasteiger partial charge in [-0.1, -0.05) is 24.3 Å². The van der Waals surface area contributed by atoms with Crippen LogP contribution in [0.4, 0.5) is 11.9 Å². The van der Waals surface area contributed by atoms with E-state index in [1.165, 1.54) is 6.07 Å². The average molecular weight is 430 g/mol. The van der Waals surface area contributed by atoms with Crippen molar-refractivity contribution in [1.82, 2.24) is 15.0 Å². The third kappa shape index (κ3) is 7.84. The van der Waals surface area contributed by atoms with Crippen molar-refractivity contribution in [1.29, 1.82) is 0 Å². The molecule has 0 amide bonds. The highest BCUT2D eigenvalue weighted by Gasteiger charge is 2.02. The molecule has 0 saturated carbocycles. The van der Waals surface area contributed by atoms with Gasteiger partial charge in [-0.3, -0.25) is 0 Å². The van der Waals surface area contributed by atoms with E-state index in [2.05, 4.69) is 25.6 Å². The summed E-state index contributed by atoms with van der Waals surface area (Å²) in [5, 5.41) is 33.8. The number of phenols is 3. The first-order valence-electron chi connectivity index (χ1n) is 9.29. The minimum Gasteiger partial charge on any atom is -0.508 e. The molecule has 0 aliphatic heterocycles. The Morgan fingerprint density at radius 1 is 0.733 bits per heavy atom. The second-order valence-corrected chi connectivity index (χ2v) is 6.36. The molecular formula is C21H24ClN5O3. The van der Waals surface area contributed by atoms with E-state index in [1.807, 2.05) is 19.9 Å². The lowest BCUT2D eigenvalue weighted by atomic mass is 10.1. The molecule has 158 valence electrons. The predicted molar refractivity (Wildman–Crippen MR) is 120 cm³/mol.